The first-order valence-corrected chi connectivity index (χ1v) is 8.93. The molecule has 1 aromatic heterocycles. The highest BCUT2D eigenvalue weighted by molar-refractivity contribution is 7.10. The number of anilines is 1. The van der Waals surface area contributed by atoms with Gasteiger partial charge < -0.3 is 19.7 Å². The number of rotatable bonds is 5. The van der Waals surface area contributed by atoms with Crippen molar-refractivity contribution in [3.63, 3.8) is 0 Å². The summed E-state index contributed by atoms with van der Waals surface area (Å²) in [5, 5.41) is 5.11. The Hall–Kier alpha value is -2.05. The van der Waals surface area contributed by atoms with E-state index >= 15 is 0 Å². The van der Waals surface area contributed by atoms with Gasteiger partial charge in [0.1, 0.15) is 17.5 Å². The predicted octanol–water partition coefficient (Wildman–Crippen LogP) is 1.91. The lowest BCUT2D eigenvalue weighted by Gasteiger charge is -2.29. The Kier molecular flexibility index (Phi) is 5.06. The third-order valence-corrected chi connectivity index (χ3v) is 5.60. The van der Waals surface area contributed by atoms with E-state index in [0.29, 0.717) is 29.8 Å². The highest BCUT2D eigenvalue weighted by atomic mass is 32.1. The van der Waals surface area contributed by atoms with Crippen molar-refractivity contribution in [2.75, 3.05) is 32.6 Å². The first kappa shape index (κ1) is 16.8. The average molecular weight is 347 g/mol. The van der Waals surface area contributed by atoms with Crippen molar-refractivity contribution in [3.8, 4) is 11.5 Å². The fourth-order valence-corrected chi connectivity index (χ4v) is 4.17. The molecule has 3 rings (SSSR count). The first-order valence-electron chi connectivity index (χ1n) is 8.05. The number of hydrogen-bond donors (Lipinski definition) is 2. The van der Waals surface area contributed by atoms with Crippen LogP contribution < -0.4 is 19.7 Å². The van der Waals surface area contributed by atoms with Gasteiger partial charge in [0.15, 0.2) is 6.54 Å². The quantitative estimate of drug-likeness (QED) is 0.869. The number of hydrogen-bond acceptors (Lipinski definition) is 4. The summed E-state index contributed by atoms with van der Waals surface area (Å²) < 4.78 is 10.5. The molecular formula is C18H23N2O3S+. The van der Waals surface area contributed by atoms with E-state index in [1.165, 1.54) is 15.3 Å². The Morgan fingerprint density at radius 3 is 2.92 bits per heavy atom. The zero-order chi connectivity index (χ0) is 17.1. The van der Waals surface area contributed by atoms with Gasteiger partial charge in [0.05, 0.1) is 26.5 Å². The van der Waals surface area contributed by atoms with Crippen LogP contribution in [0.25, 0.3) is 0 Å². The molecular weight excluding hydrogens is 324 g/mol. The highest BCUT2D eigenvalue weighted by Gasteiger charge is 2.29. The van der Waals surface area contributed by atoms with Gasteiger partial charge in [-0.1, -0.05) is 0 Å². The number of quaternary nitrogens is 1. The van der Waals surface area contributed by atoms with Crippen molar-refractivity contribution in [3.05, 3.63) is 40.1 Å². The number of benzene rings is 1. The molecule has 0 aliphatic carbocycles. The minimum absolute atomic E-state index is 0.000929. The summed E-state index contributed by atoms with van der Waals surface area (Å²) in [5.41, 5.74) is 2.06. The van der Waals surface area contributed by atoms with Crippen molar-refractivity contribution in [1.82, 2.24) is 0 Å². The molecule has 128 valence electrons. The zero-order valence-electron chi connectivity index (χ0n) is 14.2. The second-order valence-corrected chi connectivity index (χ2v) is 6.97. The second-order valence-electron chi connectivity index (χ2n) is 5.97. The summed E-state index contributed by atoms with van der Waals surface area (Å²) in [6.45, 7) is 3.63. The number of thiophene rings is 1. The molecule has 0 saturated heterocycles. The van der Waals surface area contributed by atoms with Gasteiger partial charge in [-0.2, -0.15) is 0 Å². The van der Waals surface area contributed by atoms with E-state index in [9.17, 15) is 4.79 Å². The van der Waals surface area contributed by atoms with Gasteiger partial charge in [-0.05, 0) is 30.5 Å². The maximum absolute atomic E-state index is 12.5. The van der Waals surface area contributed by atoms with E-state index in [0.717, 1.165) is 13.0 Å². The smallest absolute Gasteiger partial charge is 0.279 e. The Labute approximate surface area is 146 Å². The predicted molar refractivity (Wildman–Crippen MR) is 95.3 cm³/mol. The third kappa shape index (κ3) is 3.39. The van der Waals surface area contributed by atoms with Gasteiger partial charge in [0, 0.05) is 22.9 Å². The number of carbonyl (C=O) groups excluding carboxylic acids is 1. The summed E-state index contributed by atoms with van der Waals surface area (Å²) in [7, 11) is 3.19. The van der Waals surface area contributed by atoms with Crippen LogP contribution in [-0.2, 0) is 11.2 Å². The van der Waals surface area contributed by atoms with Gasteiger partial charge in [-0.15, -0.1) is 11.3 Å². The summed E-state index contributed by atoms with van der Waals surface area (Å²) in [6.07, 6.45) is 1.05. The molecule has 1 aromatic carbocycles. The minimum atomic E-state index is -0.000929. The third-order valence-electron chi connectivity index (χ3n) is 4.60. The molecule has 2 aromatic rings. The fourth-order valence-electron chi connectivity index (χ4n) is 3.19. The van der Waals surface area contributed by atoms with Gasteiger partial charge in [-0.25, -0.2) is 0 Å². The summed E-state index contributed by atoms with van der Waals surface area (Å²) >= 11 is 1.82. The average Bonchev–Trinajstić information content (AvgIpc) is 3.07. The van der Waals surface area contributed by atoms with Crippen molar-refractivity contribution >= 4 is 22.9 Å². The lowest BCUT2D eigenvalue weighted by molar-refractivity contribution is -0.923. The van der Waals surface area contributed by atoms with Crippen molar-refractivity contribution in [2.45, 2.75) is 19.4 Å². The minimum Gasteiger partial charge on any atom is -0.497 e. The van der Waals surface area contributed by atoms with Gasteiger partial charge in [-0.3, -0.25) is 4.79 Å². The van der Waals surface area contributed by atoms with Gasteiger partial charge >= 0.3 is 0 Å². The molecule has 24 heavy (non-hydrogen) atoms. The molecule has 1 unspecified atom stereocenters. The molecule has 5 nitrogen and oxygen atoms in total. The Balaban J connectivity index is 1.66. The summed E-state index contributed by atoms with van der Waals surface area (Å²) in [4.78, 5) is 15.2. The Morgan fingerprint density at radius 2 is 2.17 bits per heavy atom. The fraction of sp³-hybridized carbons (Fsp3) is 0.389. The summed E-state index contributed by atoms with van der Waals surface area (Å²) in [6, 6.07) is 7.93. The topological polar surface area (TPSA) is 52.0 Å². The van der Waals surface area contributed by atoms with Crippen LogP contribution in [0.2, 0.25) is 0 Å². The largest absolute Gasteiger partial charge is 0.497 e. The van der Waals surface area contributed by atoms with E-state index in [1.54, 1.807) is 20.3 Å². The molecule has 0 radical (unpaired) electrons. The molecule has 1 aliphatic heterocycles. The normalized spacial score (nSPS) is 19.5. The van der Waals surface area contributed by atoms with Crippen molar-refractivity contribution < 1.29 is 19.2 Å². The summed E-state index contributed by atoms with van der Waals surface area (Å²) in [5.74, 6) is 1.30. The van der Waals surface area contributed by atoms with Crippen LogP contribution in [0, 0.1) is 0 Å². The van der Waals surface area contributed by atoms with Crippen LogP contribution in [0.5, 0.6) is 11.5 Å². The molecule has 0 saturated carbocycles. The molecule has 2 N–H and O–H groups in total. The number of amides is 1. The van der Waals surface area contributed by atoms with Crippen LogP contribution >= 0.6 is 11.3 Å². The molecule has 1 aliphatic rings. The standard InChI is InChI=1S/C18H22N2O3S/c1-12-14-7-9-24-17(14)6-8-20(12)11-18(21)19-15-5-4-13(22-2)10-16(15)23-3/h4-5,7,9-10,12H,6,8,11H2,1-3H3,(H,19,21)/p+1/t12-/m0/s1. The van der Waals surface area contributed by atoms with Crippen molar-refractivity contribution in [2.24, 2.45) is 0 Å². The number of methoxy groups -OCH3 is 2. The van der Waals surface area contributed by atoms with E-state index in [1.807, 2.05) is 23.5 Å². The SMILES string of the molecule is COc1ccc(NC(=O)C[NH+]2CCc3sccc3[C@@H]2C)c(OC)c1. The number of fused-ring (bicyclic) bond motifs is 1. The number of ether oxygens (including phenoxy) is 2. The maximum atomic E-state index is 12.5. The van der Waals surface area contributed by atoms with E-state index in [-0.39, 0.29) is 5.91 Å². The second kappa shape index (κ2) is 7.23. The van der Waals surface area contributed by atoms with Crippen LogP contribution in [-0.4, -0.2) is 33.2 Å². The molecule has 0 bridgehead atoms. The van der Waals surface area contributed by atoms with Crippen LogP contribution in [0.4, 0.5) is 5.69 Å². The van der Waals surface area contributed by atoms with E-state index in [2.05, 4.69) is 23.7 Å². The molecule has 2 heterocycles. The Morgan fingerprint density at radius 1 is 1.33 bits per heavy atom. The lowest BCUT2D eigenvalue weighted by Crippen LogP contribution is -3.14. The highest BCUT2D eigenvalue weighted by Crippen LogP contribution is 2.29. The van der Waals surface area contributed by atoms with E-state index < -0.39 is 0 Å². The molecule has 6 heteroatoms. The monoisotopic (exact) mass is 347 g/mol. The van der Waals surface area contributed by atoms with Gasteiger partial charge in [0.25, 0.3) is 5.91 Å². The van der Waals surface area contributed by atoms with Crippen molar-refractivity contribution in [1.29, 1.82) is 0 Å². The number of carbonyl (C=O) groups is 1. The first-order chi connectivity index (χ1) is 11.6. The Bertz CT molecular complexity index is 729. The van der Waals surface area contributed by atoms with Crippen LogP contribution in [0.3, 0.4) is 0 Å². The van der Waals surface area contributed by atoms with Crippen LogP contribution in [0.1, 0.15) is 23.4 Å². The molecule has 2 atom stereocenters. The maximum Gasteiger partial charge on any atom is 0.279 e. The lowest BCUT2D eigenvalue weighted by atomic mass is 10.0. The number of nitrogens with one attached hydrogen (secondary N) is 2. The van der Waals surface area contributed by atoms with Gasteiger partial charge in [0.2, 0.25) is 0 Å². The molecule has 0 fully saturated rings. The molecule has 1 amide bonds. The molecule has 0 spiro atoms. The van der Waals surface area contributed by atoms with Crippen LogP contribution in [0.15, 0.2) is 29.6 Å². The zero-order valence-corrected chi connectivity index (χ0v) is 15.0. The van der Waals surface area contributed by atoms with E-state index in [4.69, 9.17) is 9.47 Å².